The van der Waals surface area contributed by atoms with Gasteiger partial charge in [0.15, 0.2) is 0 Å². The molecular formula is C14H20ClN3O. The smallest absolute Gasteiger partial charge is 0.253 e. The summed E-state index contributed by atoms with van der Waals surface area (Å²) in [4.78, 5) is 16.2. The van der Waals surface area contributed by atoms with Gasteiger partial charge in [0.25, 0.3) is 5.91 Å². The maximum absolute atomic E-state index is 12.1. The van der Waals surface area contributed by atoms with Crippen LogP contribution in [-0.2, 0) is 0 Å². The molecule has 0 aromatic carbocycles. The Hall–Kier alpha value is -1.29. The molecule has 1 heterocycles. The molecule has 0 bridgehead atoms. The number of hydrogen-bond acceptors (Lipinski definition) is 3. The molecule has 2 rings (SSSR count). The minimum Gasteiger partial charge on any atom is -0.372 e. The molecule has 0 unspecified atom stereocenters. The highest BCUT2D eigenvalue weighted by molar-refractivity contribution is 6.33. The highest BCUT2D eigenvalue weighted by Crippen LogP contribution is 2.24. The van der Waals surface area contributed by atoms with Crippen LogP contribution in [0.15, 0.2) is 12.3 Å². The van der Waals surface area contributed by atoms with E-state index in [4.69, 9.17) is 11.6 Å². The zero-order valence-corrected chi connectivity index (χ0v) is 12.1. The lowest BCUT2D eigenvalue weighted by atomic mass is 9.87. The van der Waals surface area contributed by atoms with Crippen molar-refractivity contribution < 1.29 is 4.79 Å². The van der Waals surface area contributed by atoms with E-state index < -0.39 is 0 Å². The van der Waals surface area contributed by atoms with Crippen molar-refractivity contribution in [1.29, 1.82) is 0 Å². The van der Waals surface area contributed by atoms with Crippen LogP contribution in [0.4, 0.5) is 5.82 Å². The van der Waals surface area contributed by atoms with Crippen LogP contribution in [0, 0.1) is 5.92 Å². The number of halogens is 1. The molecule has 5 heteroatoms. The Labute approximate surface area is 118 Å². The van der Waals surface area contributed by atoms with Crippen LogP contribution in [0.1, 0.15) is 43.0 Å². The highest BCUT2D eigenvalue weighted by atomic mass is 35.5. The topological polar surface area (TPSA) is 54.0 Å². The Morgan fingerprint density at radius 1 is 1.37 bits per heavy atom. The first-order chi connectivity index (χ1) is 9.10. The van der Waals surface area contributed by atoms with Crippen LogP contribution in [0.3, 0.4) is 0 Å². The molecule has 1 aliphatic carbocycles. The van der Waals surface area contributed by atoms with Crippen molar-refractivity contribution in [3.8, 4) is 0 Å². The van der Waals surface area contributed by atoms with Crippen molar-refractivity contribution in [1.82, 2.24) is 10.3 Å². The predicted octanol–water partition coefficient (Wildman–Crippen LogP) is 3.09. The molecule has 0 aliphatic heterocycles. The number of anilines is 1. The number of aromatic nitrogens is 1. The van der Waals surface area contributed by atoms with Gasteiger partial charge in [-0.25, -0.2) is 4.98 Å². The van der Waals surface area contributed by atoms with Crippen LogP contribution in [0.2, 0.25) is 5.02 Å². The summed E-state index contributed by atoms with van der Waals surface area (Å²) in [6.45, 7) is 2.26. The highest BCUT2D eigenvalue weighted by Gasteiger charge is 2.20. The van der Waals surface area contributed by atoms with Crippen molar-refractivity contribution in [2.75, 3.05) is 12.4 Å². The minimum absolute atomic E-state index is 0.0865. The summed E-state index contributed by atoms with van der Waals surface area (Å²) in [5, 5.41) is 6.40. The van der Waals surface area contributed by atoms with Gasteiger partial charge in [0.05, 0.1) is 10.6 Å². The molecular weight excluding hydrogens is 262 g/mol. The van der Waals surface area contributed by atoms with Crippen molar-refractivity contribution >= 4 is 23.3 Å². The number of nitrogens with zero attached hydrogens (tertiary/aromatic N) is 1. The van der Waals surface area contributed by atoms with Gasteiger partial charge in [-0.2, -0.15) is 0 Å². The molecule has 1 aromatic rings. The predicted molar refractivity (Wildman–Crippen MR) is 77.7 cm³/mol. The Kier molecular flexibility index (Phi) is 4.64. The normalized spacial score (nSPS) is 22.9. The van der Waals surface area contributed by atoms with Gasteiger partial charge < -0.3 is 10.6 Å². The Bertz CT molecular complexity index is 456. The largest absolute Gasteiger partial charge is 0.372 e. The summed E-state index contributed by atoms with van der Waals surface area (Å²) in [5.74, 6) is 1.28. The third-order valence-electron chi connectivity index (χ3n) is 3.69. The zero-order valence-electron chi connectivity index (χ0n) is 11.4. The summed E-state index contributed by atoms with van der Waals surface area (Å²) < 4.78 is 0. The van der Waals surface area contributed by atoms with E-state index in [2.05, 4.69) is 22.5 Å². The number of nitrogens with one attached hydrogen (secondary N) is 2. The standard InChI is InChI=1S/C14H20ClN3O/c1-9-3-5-11(6-4-9)18-14(19)10-7-12(15)13(16-2)17-8-10/h7-9,11H,3-6H2,1-2H3,(H,16,17)(H,18,19). The second-order valence-corrected chi connectivity index (χ2v) is 5.64. The van der Waals surface area contributed by atoms with Gasteiger partial charge >= 0.3 is 0 Å². The third-order valence-corrected chi connectivity index (χ3v) is 3.98. The number of carbonyl (C=O) groups is 1. The second kappa shape index (κ2) is 6.24. The molecule has 0 saturated heterocycles. The van der Waals surface area contributed by atoms with Gasteiger partial charge in [0.2, 0.25) is 0 Å². The molecule has 104 valence electrons. The van der Waals surface area contributed by atoms with Gasteiger partial charge in [-0.05, 0) is 37.7 Å². The van der Waals surface area contributed by atoms with Crippen LogP contribution in [-0.4, -0.2) is 24.0 Å². The Morgan fingerprint density at radius 2 is 2.05 bits per heavy atom. The summed E-state index contributed by atoms with van der Waals surface area (Å²) in [5.41, 5.74) is 0.516. The number of amides is 1. The summed E-state index contributed by atoms with van der Waals surface area (Å²) in [7, 11) is 1.75. The molecule has 1 amide bonds. The lowest BCUT2D eigenvalue weighted by Crippen LogP contribution is -2.37. The first kappa shape index (κ1) is 14.1. The van der Waals surface area contributed by atoms with E-state index in [9.17, 15) is 4.79 Å². The molecule has 4 nitrogen and oxygen atoms in total. The van der Waals surface area contributed by atoms with Crippen LogP contribution < -0.4 is 10.6 Å². The van der Waals surface area contributed by atoms with Crippen LogP contribution in [0.5, 0.6) is 0 Å². The average molecular weight is 282 g/mol. The zero-order chi connectivity index (χ0) is 13.8. The molecule has 0 spiro atoms. The molecule has 0 atom stereocenters. The summed E-state index contributed by atoms with van der Waals surface area (Å²) in [6, 6.07) is 1.94. The summed E-state index contributed by atoms with van der Waals surface area (Å²) >= 11 is 6.03. The molecule has 0 radical (unpaired) electrons. The van der Waals surface area contributed by atoms with Crippen molar-refractivity contribution in [2.24, 2.45) is 5.92 Å². The third kappa shape index (κ3) is 3.60. The quantitative estimate of drug-likeness (QED) is 0.895. The van der Waals surface area contributed by atoms with Crippen molar-refractivity contribution in [3.05, 3.63) is 22.8 Å². The lowest BCUT2D eigenvalue weighted by Gasteiger charge is -2.26. The SMILES string of the molecule is CNc1ncc(C(=O)NC2CCC(C)CC2)cc1Cl. The van der Waals surface area contributed by atoms with E-state index in [0.717, 1.165) is 18.8 Å². The molecule has 19 heavy (non-hydrogen) atoms. The van der Waals surface area contributed by atoms with Gasteiger partial charge in [-0.1, -0.05) is 18.5 Å². The Morgan fingerprint density at radius 3 is 2.63 bits per heavy atom. The maximum Gasteiger partial charge on any atom is 0.253 e. The van der Waals surface area contributed by atoms with E-state index in [0.29, 0.717) is 16.4 Å². The van der Waals surface area contributed by atoms with E-state index in [1.807, 2.05) is 0 Å². The lowest BCUT2D eigenvalue weighted by molar-refractivity contribution is 0.0922. The fourth-order valence-electron chi connectivity index (χ4n) is 2.42. The second-order valence-electron chi connectivity index (χ2n) is 5.23. The number of hydrogen-bond donors (Lipinski definition) is 2. The van der Waals surface area contributed by atoms with Gasteiger partial charge in [0, 0.05) is 19.3 Å². The monoisotopic (exact) mass is 281 g/mol. The van der Waals surface area contributed by atoms with Crippen molar-refractivity contribution in [3.63, 3.8) is 0 Å². The summed E-state index contributed by atoms with van der Waals surface area (Å²) in [6.07, 6.45) is 6.04. The number of rotatable bonds is 3. The number of carbonyl (C=O) groups excluding carboxylic acids is 1. The molecule has 1 aliphatic rings. The van der Waals surface area contributed by atoms with E-state index in [-0.39, 0.29) is 11.9 Å². The average Bonchev–Trinajstić information content (AvgIpc) is 2.41. The van der Waals surface area contributed by atoms with E-state index in [1.165, 1.54) is 12.8 Å². The fourth-order valence-corrected chi connectivity index (χ4v) is 2.68. The van der Waals surface area contributed by atoms with Gasteiger partial charge in [0.1, 0.15) is 5.82 Å². The van der Waals surface area contributed by atoms with E-state index >= 15 is 0 Å². The Balaban J connectivity index is 1.98. The maximum atomic E-state index is 12.1. The minimum atomic E-state index is -0.0865. The van der Waals surface area contributed by atoms with E-state index in [1.54, 1.807) is 19.3 Å². The molecule has 1 aromatic heterocycles. The number of pyridine rings is 1. The van der Waals surface area contributed by atoms with Gasteiger partial charge in [-0.3, -0.25) is 4.79 Å². The molecule has 1 fully saturated rings. The fraction of sp³-hybridized carbons (Fsp3) is 0.571. The first-order valence-electron chi connectivity index (χ1n) is 6.74. The van der Waals surface area contributed by atoms with Crippen molar-refractivity contribution in [2.45, 2.75) is 38.6 Å². The van der Waals surface area contributed by atoms with Gasteiger partial charge in [-0.15, -0.1) is 0 Å². The molecule has 1 saturated carbocycles. The molecule has 2 N–H and O–H groups in total. The van der Waals surface area contributed by atoms with Crippen LogP contribution >= 0.6 is 11.6 Å². The first-order valence-corrected chi connectivity index (χ1v) is 7.12. The van der Waals surface area contributed by atoms with Crippen LogP contribution in [0.25, 0.3) is 0 Å².